The number of aldehydes is 1. The number of carbonyl (C=O) groups is 2. The summed E-state index contributed by atoms with van der Waals surface area (Å²) in [7, 11) is 0. The molecule has 2 aromatic rings. The number of anilines is 1. The van der Waals surface area contributed by atoms with Gasteiger partial charge >= 0.3 is 5.69 Å². The van der Waals surface area contributed by atoms with Crippen LogP contribution >= 0.6 is 0 Å². The molecular weight excluding hydrogens is 286 g/mol. The average Bonchev–Trinajstić information content (AvgIpc) is 2.49. The van der Waals surface area contributed by atoms with Crippen LogP contribution in [0.2, 0.25) is 0 Å². The highest BCUT2D eigenvalue weighted by molar-refractivity contribution is 5.87. The van der Waals surface area contributed by atoms with E-state index in [0.717, 1.165) is 6.29 Å². The van der Waals surface area contributed by atoms with Gasteiger partial charge in [0.15, 0.2) is 0 Å². The van der Waals surface area contributed by atoms with E-state index < -0.39 is 5.69 Å². The minimum absolute atomic E-state index is 0.221. The van der Waals surface area contributed by atoms with Gasteiger partial charge in [-0.3, -0.25) is 14.2 Å². The highest BCUT2D eigenvalue weighted by Crippen LogP contribution is 2.10. The molecule has 1 aromatic heterocycles. The second-order valence-corrected chi connectivity index (χ2v) is 4.51. The minimum Gasteiger partial charge on any atom is -0.492 e. The van der Waals surface area contributed by atoms with E-state index in [-0.39, 0.29) is 18.3 Å². The van der Waals surface area contributed by atoms with Crippen LogP contribution in [-0.2, 0) is 11.3 Å². The van der Waals surface area contributed by atoms with Gasteiger partial charge in [-0.25, -0.2) is 4.79 Å². The molecular formula is C15H15N3O4. The van der Waals surface area contributed by atoms with Gasteiger partial charge in [0, 0.05) is 18.7 Å². The highest BCUT2D eigenvalue weighted by Gasteiger charge is 2.02. The van der Waals surface area contributed by atoms with Crippen LogP contribution in [0.15, 0.2) is 41.3 Å². The monoisotopic (exact) mass is 301 g/mol. The first-order chi connectivity index (χ1) is 10.6. The maximum atomic E-state index is 11.8. The lowest BCUT2D eigenvalue weighted by atomic mass is 10.2. The van der Waals surface area contributed by atoms with Crippen molar-refractivity contribution in [2.45, 2.75) is 13.5 Å². The SMILES string of the molecule is CC(=O)Nc1ccn(CCOc2ccc(C=O)cc2)c(=O)n1. The summed E-state index contributed by atoms with van der Waals surface area (Å²) in [6.45, 7) is 1.94. The van der Waals surface area contributed by atoms with Crippen LogP contribution in [0.4, 0.5) is 5.82 Å². The lowest BCUT2D eigenvalue weighted by Gasteiger charge is -2.08. The van der Waals surface area contributed by atoms with Crippen LogP contribution in [0.1, 0.15) is 17.3 Å². The third-order valence-corrected chi connectivity index (χ3v) is 2.80. The molecule has 0 saturated heterocycles. The van der Waals surface area contributed by atoms with Crippen LogP contribution in [0.5, 0.6) is 5.75 Å². The Balaban J connectivity index is 1.92. The number of carbonyl (C=O) groups excluding carboxylic acids is 2. The van der Waals surface area contributed by atoms with Crippen LogP contribution in [-0.4, -0.2) is 28.4 Å². The van der Waals surface area contributed by atoms with Gasteiger partial charge < -0.3 is 10.1 Å². The molecule has 1 N–H and O–H groups in total. The van der Waals surface area contributed by atoms with Crippen molar-refractivity contribution >= 4 is 18.0 Å². The fourth-order valence-electron chi connectivity index (χ4n) is 1.75. The zero-order chi connectivity index (χ0) is 15.9. The summed E-state index contributed by atoms with van der Waals surface area (Å²) in [4.78, 5) is 36.9. The Labute approximate surface area is 126 Å². The first-order valence-electron chi connectivity index (χ1n) is 6.61. The molecule has 0 fully saturated rings. The number of ether oxygens (including phenoxy) is 1. The quantitative estimate of drug-likeness (QED) is 0.807. The number of amides is 1. The van der Waals surface area contributed by atoms with Gasteiger partial charge in [0.25, 0.3) is 0 Å². The Morgan fingerprint density at radius 2 is 2.05 bits per heavy atom. The Bertz CT molecular complexity index is 722. The molecule has 114 valence electrons. The summed E-state index contributed by atoms with van der Waals surface area (Å²) in [5.74, 6) is 0.548. The zero-order valence-corrected chi connectivity index (χ0v) is 12.0. The Morgan fingerprint density at radius 3 is 2.64 bits per heavy atom. The summed E-state index contributed by atoms with van der Waals surface area (Å²) >= 11 is 0. The van der Waals surface area contributed by atoms with Crippen molar-refractivity contribution in [2.75, 3.05) is 11.9 Å². The van der Waals surface area contributed by atoms with E-state index >= 15 is 0 Å². The van der Waals surface area contributed by atoms with E-state index in [1.165, 1.54) is 11.5 Å². The molecule has 0 aliphatic rings. The van der Waals surface area contributed by atoms with Gasteiger partial charge in [0.05, 0.1) is 6.54 Å². The molecule has 0 bridgehead atoms. The maximum Gasteiger partial charge on any atom is 0.349 e. The Hall–Kier alpha value is -2.96. The maximum absolute atomic E-state index is 11.8. The molecule has 7 nitrogen and oxygen atoms in total. The molecule has 0 aliphatic heterocycles. The molecule has 0 saturated carbocycles. The van der Waals surface area contributed by atoms with E-state index in [2.05, 4.69) is 10.3 Å². The van der Waals surface area contributed by atoms with Gasteiger partial charge in [-0.05, 0) is 30.3 Å². The van der Waals surface area contributed by atoms with Crippen molar-refractivity contribution in [2.24, 2.45) is 0 Å². The smallest absolute Gasteiger partial charge is 0.349 e. The predicted octanol–water partition coefficient (Wildman–Crippen LogP) is 1.09. The molecule has 7 heteroatoms. The van der Waals surface area contributed by atoms with Gasteiger partial charge in [-0.15, -0.1) is 0 Å². The molecule has 0 aliphatic carbocycles. The molecule has 0 radical (unpaired) electrons. The van der Waals surface area contributed by atoms with Gasteiger partial charge in [-0.1, -0.05) is 0 Å². The summed E-state index contributed by atoms with van der Waals surface area (Å²) in [5, 5.41) is 2.44. The molecule has 0 spiro atoms. The Kier molecular flexibility index (Phi) is 5.02. The number of hydrogen-bond acceptors (Lipinski definition) is 5. The number of nitrogens with one attached hydrogen (secondary N) is 1. The molecule has 1 amide bonds. The van der Waals surface area contributed by atoms with Gasteiger partial charge in [0.1, 0.15) is 24.5 Å². The lowest BCUT2D eigenvalue weighted by molar-refractivity contribution is -0.114. The van der Waals surface area contributed by atoms with Crippen LogP contribution in [0, 0.1) is 0 Å². The van der Waals surface area contributed by atoms with Crippen molar-refractivity contribution in [3.63, 3.8) is 0 Å². The second-order valence-electron chi connectivity index (χ2n) is 4.51. The average molecular weight is 301 g/mol. The molecule has 22 heavy (non-hydrogen) atoms. The van der Waals surface area contributed by atoms with Crippen molar-refractivity contribution in [3.8, 4) is 5.75 Å². The van der Waals surface area contributed by atoms with E-state index in [1.807, 2.05) is 0 Å². The second kappa shape index (κ2) is 7.16. The van der Waals surface area contributed by atoms with E-state index in [0.29, 0.717) is 17.9 Å². The number of benzene rings is 1. The first-order valence-corrected chi connectivity index (χ1v) is 6.61. The van der Waals surface area contributed by atoms with E-state index in [4.69, 9.17) is 4.74 Å². The van der Waals surface area contributed by atoms with Crippen LogP contribution in [0.3, 0.4) is 0 Å². The molecule has 0 atom stereocenters. The standard InChI is InChI=1S/C15H15N3O4/c1-11(20)16-14-6-7-18(15(21)17-14)8-9-22-13-4-2-12(10-19)3-5-13/h2-7,10H,8-9H2,1H3,(H,16,17,20,21). The van der Waals surface area contributed by atoms with E-state index in [9.17, 15) is 14.4 Å². The zero-order valence-electron chi connectivity index (χ0n) is 12.0. The topological polar surface area (TPSA) is 90.3 Å². The third-order valence-electron chi connectivity index (χ3n) is 2.80. The first kappa shape index (κ1) is 15.4. The predicted molar refractivity (Wildman–Crippen MR) is 80.1 cm³/mol. The number of hydrogen-bond donors (Lipinski definition) is 1. The normalized spacial score (nSPS) is 10.0. The van der Waals surface area contributed by atoms with Gasteiger partial charge in [-0.2, -0.15) is 4.98 Å². The largest absolute Gasteiger partial charge is 0.492 e. The minimum atomic E-state index is -0.467. The Morgan fingerprint density at radius 1 is 1.32 bits per heavy atom. The van der Waals surface area contributed by atoms with Crippen LogP contribution < -0.4 is 15.7 Å². The van der Waals surface area contributed by atoms with Crippen LogP contribution in [0.25, 0.3) is 0 Å². The summed E-state index contributed by atoms with van der Waals surface area (Å²) in [5.41, 5.74) is 0.104. The molecule has 1 aromatic carbocycles. The van der Waals surface area contributed by atoms with Crippen molar-refractivity contribution in [1.82, 2.24) is 9.55 Å². The van der Waals surface area contributed by atoms with Gasteiger partial charge in [0.2, 0.25) is 5.91 Å². The fraction of sp³-hybridized carbons (Fsp3) is 0.200. The van der Waals surface area contributed by atoms with Crippen molar-refractivity contribution in [3.05, 3.63) is 52.6 Å². The number of nitrogens with zero attached hydrogens (tertiary/aromatic N) is 2. The number of aromatic nitrogens is 2. The molecule has 0 unspecified atom stereocenters. The number of rotatable bonds is 6. The van der Waals surface area contributed by atoms with E-state index in [1.54, 1.807) is 36.5 Å². The summed E-state index contributed by atoms with van der Waals surface area (Å²) in [6, 6.07) is 8.22. The third kappa shape index (κ3) is 4.27. The fourth-order valence-corrected chi connectivity index (χ4v) is 1.75. The van der Waals surface area contributed by atoms with Crippen molar-refractivity contribution in [1.29, 1.82) is 0 Å². The lowest BCUT2D eigenvalue weighted by Crippen LogP contribution is -2.26. The summed E-state index contributed by atoms with van der Waals surface area (Å²) in [6.07, 6.45) is 2.30. The molecule has 2 rings (SSSR count). The van der Waals surface area contributed by atoms with Crippen molar-refractivity contribution < 1.29 is 14.3 Å². The highest BCUT2D eigenvalue weighted by atomic mass is 16.5. The summed E-state index contributed by atoms with van der Waals surface area (Å²) < 4.78 is 6.87. The molecule has 1 heterocycles.